The fraction of sp³-hybridized carbons (Fsp3) is 0.900. The van der Waals surface area contributed by atoms with E-state index in [0.29, 0.717) is 5.84 Å². The summed E-state index contributed by atoms with van der Waals surface area (Å²) in [4.78, 5) is 2.25. The molecule has 4 heteroatoms. The average Bonchev–Trinajstić information content (AvgIpc) is 2.15. The van der Waals surface area contributed by atoms with Crippen LogP contribution >= 0.6 is 0 Å². The van der Waals surface area contributed by atoms with E-state index in [1.54, 1.807) is 0 Å². The van der Waals surface area contributed by atoms with E-state index in [1.807, 2.05) is 13.8 Å². The molecule has 0 aliphatic heterocycles. The van der Waals surface area contributed by atoms with Crippen molar-refractivity contribution in [3.8, 4) is 0 Å². The highest BCUT2D eigenvalue weighted by Crippen LogP contribution is 2.22. The number of amidine groups is 1. The Balaban J connectivity index is 3.88. The van der Waals surface area contributed by atoms with E-state index < -0.39 is 0 Å². The normalized spacial score (nSPS) is 13.6. The Labute approximate surface area is 86.8 Å². The Morgan fingerprint density at radius 1 is 1.50 bits per heavy atom. The van der Waals surface area contributed by atoms with Gasteiger partial charge >= 0.3 is 0 Å². The van der Waals surface area contributed by atoms with E-state index in [0.717, 1.165) is 25.9 Å². The van der Waals surface area contributed by atoms with Crippen LogP contribution in [-0.4, -0.2) is 36.1 Å². The SMILES string of the molecule is CCN(C)CCCC(C)(C)C(N)=NO. The van der Waals surface area contributed by atoms with Gasteiger partial charge < -0.3 is 15.8 Å². The lowest BCUT2D eigenvalue weighted by atomic mass is 9.86. The minimum Gasteiger partial charge on any atom is -0.409 e. The van der Waals surface area contributed by atoms with Crippen molar-refractivity contribution in [1.82, 2.24) is 4.90 Å². The second-order valence-corrected chi connectivity index (χ2v) is 4.37. The Morgan fingerprint density at radius 2 is 2.07 bits per heavy atom. The molecule has 3 N–H and O–H groups in total. The Kier molecular flexibility index (Phi) is 5.53. The second-order valence-electron chi connectivity index (χ2n) is 4.37. The first-order valence-corrected chi connectivity index (χ1v) is 5.10. The Morgan fingerprint density at radius 3 is 2.50 bits per heavy atom. The minimum absolute atomic E-state index is 0.205. The third kappa shape index (κ3) is 4.46. The van der Waals surface area contributed by atoms with Crippen molar-refractivity contribution in [3.63, 3.8) is 0 Å². The van der Waals surface area contributed by atoms with E-state index in [2.05, 4.69) is 24.0 Å². The largest absolute Gasteiger partial charge is 0.409 e. The zero-order valence-electron chi connectivity index (χ0n) is 9.75. The summed E-state index contributed by atoms with van der Waals surface area (Å²) in [5.41, 5.74) is 5.38. The van der Waals surface area contributed by atoms with E-state index in [-0.39, 0.29) is 5.41 Å². The molecule has 0 saturated carbocycles. The summed E-state index contributed by atoms with van der Waals surface area (Å²) in [5.74, 6) is 0.316. The number of rotatable bonds is 6. The van der Waals surface area contributed by atoms with Gasteiger partial charge in [-0.05, 0) is 33.0 Å². The van der Waals surface area contributed by atoms with Crippen LogP contribution in [0.25, 0.3) is 0 Å². The van der Waals surface area contributed by atoms with Gasteiger partial charge in [0, 0.05) is 5.41 Å². The van der Waals surface area contributed by atoms with Crippen molar-refractivity contribution < 1.29 is 5.21 Å². The van der Waals surface area contributed by atoms with Crippen molar-refractivity contribution in [1.29, 1.82) is 0 Å². The van der Waals surface area contributed by atoms with Gasteiger partial charge in [0.2, 0.25) is 0 Å². The number of hydrogen-bond acceptors (Lipinski definition) is 3. The zero-order valence-corrected chi connectivity index (χ0v) is 9.75. The first-order chi connectivity index (χ1) is 6.44. The summed E-state index contributed by atoms with van der Waals surface area (Å²) in [6, 6.07) is 0. The summed E-state index contributed by atoms with van der Waals surface area (Å²) in [5, 5.41) is 11.6. The van der Waals surface area contributed by atoms with E-state index in [4.69, 9.17) is 10.9 Å². The highest BCUT2D eigenvalue weighted by atomic mass is 16.4. The van der Waals surface area contributed by atoms with Crippen LogP contribution < -0.4 is 5.73 Å². The molecule has 0 aliphatic rings. The molecule has 4 nitrogen and oxygen atoms in total. The fourth-order valence-corrected chi connectivity index (χ4v) is 1.21. The van der Waals surface area contributed by atoms with Gasteiger partial charge in [-0.2, -0.15) is 0 Å². The zero-order chi connectivity index (χ0) is 11.2. The molecule has 0 aromatic carbocycles. The molecule has 0 amide bonds. The third-order valence-corrected chi connectivity index (χ3v) is 2.68. The smallest absolute Gasteiger partial charge is 0.144 e. The number of nitrogens with two attached hydrogens (primary N) is 1. The summed E-state index contributed by atoms with van der Waals surface area (Å²) >= 11 is 0. The van der Waals surface area contributed by atoms with Crippen LogP contribution in [0.2, 0.25) is 0 Å². The molecule has 14 heavy (non-hydrogen) atoms. The molecule has 0 bridgehead atoms. The molecule has 0 aromatic rings. The van der Waals surface area contributed by atoms with Crippen molar-refractivity contribution in [2.45, 2.75) is 33.6 Å². The molecule has 0 spiro atoms. The van der Waals surface area contributed by atoms with Crippen LogP contribution in [0.5, 0.6) is 0 Å². The van der Waals surface area contributed by atoms with Gasteiger partial charge in [-0.25, -0.2) is 0 Å². The topological polar surface area (TPSA) is 61.8 Å². The highest BCUT2D eigenvalue weighted by Gasteiger charge is 2.22. The van der Waals surface area contributed by atoms with Gasteiger partial charge in [0.15, 0.2) is 0 Å². The highest BCUT2D eigenvalue weighted by molar-refractivity contribution is 5.85. The van der Waals surface area contributed by atoms with Crippen molar-refractivity contribution in [3.05, 3.63) is 0 Å². The predicted molar refractivity (Wildman–Crippen MR) is 59.6 cm³/mol. The Bertz CT molecular complexity index is 190. The molecule has 0 aliphatic carbocycles. The molecule has 0 atom stereocenters. The maximum absolute atomic E-state index is 8.58. The first kappa shape index (κ1) is 13.2. The molecule has 0 aromatic heterocycles. The molecule has 0 unspecified atom stereocenters. The maximum Gasteiger partial charge on any atom is 0.144 e. The molecule has 0 heterocycles. The maximum atomic E-state index is 8.58. The molecule has 0 radical (unpaired) electrons. The molecule has 0 fully saturated rings. The van der Waals surface area contributed by atoms with Gasteiger partial charge in [0.25, 0.3) is 0 Å². The minimum atomic E-state index is -0.205. The van der Waals surface area contributed by atoms with E-state index in [1.165, 1.54) is 0 Å². The van der Waals surface area contributed by atoms with E-state index >= 15 is 0 Å². The lowest BCUT2D eigenvalue weighted by Gasteiger charge is -2.24. The molecular weight excluding hydrogens is 178 g/mol. The van der Waals surface area contributed by atoms with Gasteiger partial charge in [-0.15, -0.1) is 0 Å². The van der Waals surface area contributed by atoms with Crippen LogP contribution in [0.15, 0.2) is 5.16 Å². The van der Waals surface area contributed by atoms with Gasteiger partial charge in [-0.1, -0.05) is 25.9 Å². The van der Waals surface area contributed by atoms with Gasteiger partial charge in [0.1, 0.15) is 5.84 Å². The quantitative estimate of drug-likeness (QED) is 0.296. The lowest BCUT2D eigenvalue weighted by Crippen LogP contribution is -2.32. The Hall–Kier alpha value is -0.770. The summed E-state index contributed by atoms with van der Waals surface area (Å²) in [6.07, 6.45) is 2.00. The van der Waals surface area contributed by atoms with Crippen LogP contribution in [0.3, 0.4) is 0 Å². The molecular formula is C10H23N3O. The summed E-state index contributed by atoms with van der Waals surface area (Å²) in [7, 11) is 2.09. The van der Waals surface area contributed by atoms with Gasteiger partial charge in [-0.3, -0.25) is 0 Å². The average molecular weight is 201 g/mol. The third-order valence-electron chi connectivity index (χ3n) is 2.68. The monoisotopic (exact) mass is 201 g/mol. The fourth-order valence-electron chi connectivity index (χ4n) is 1.21. The predicted octanol–water partition coefficient (Wildman–Crippen LogP) is 1.49. The standard InChI is InChI=1S/C10H23N3O/c1-5-13(4)8-6-7-10(2,3)9(11)12-14/h14H,5-8H2,1-4H3,(H2,11,12). The van der Waals surface area contributed by atoms with Crippen LogP contribution in [0.1, 0.15) is 33.6 Å². The second kappa shape index (κ2) is 5.86. The van der Waals surface area contributed by atoms with E-state index in [9.17, 15) is 0 Å². The molecule has 0 saturated heterocycles. The van der Waals surface area contributed by atoms with Crippen molar-refractivity contribution in [2.24, 2.45) is 16.3 Å². The number of hydrogen-bond donors (Lipinski definition) is 2. The first-order valence-electron chi connectivity index (χ1n) is 5.10. The van der Waals surface area contributed by atoms with Crippen LogP contribution in [0, 0.1) is 5.41 Å². The molecule has 84 valence electrons. The summed E-state index contributed by atoms with van der Waals surface area (Å²) < 4.78 is 0. The van der Waals surface area contributed by atoms with Gasteiger partial charge in [0.05, 0.1) is 0 Å². The van der Waals surface area contributed by atoms with Crippen LogP contribution in [0.4, 0.5) is 0 Å². The van der Waals surface area contributed by atoms with Crippen molar-refractivity contribution >= 4 is 5.84 Å². The van der Waals surface area contributed by atoms with Crippen molar-refractivity contribution in [2.75, 3.05) is 20.1 Å². The lowest BCUT2D eigenvalue weighted by molar-refractivity contribution is 0.295. The summed E-state index contributed by atoms with van der Waals surface area (Å²) in [6.45, 7) is 8.24. The number of nitrogens with zero attached hydrogens (tertiary/aromatic N) is 2. The molecule has 0 rings (SSSR count). The van der Waals surface area contributed by atoms with Crippen LogP contribution in [-0.2, 0) is 0 Å². The number of oxime groups is 1.